The Morgan fingerprint density at radius 3 is 2.60 bits per heavy atom. The number of hydrogen-bond acceptors (Lipinski definition) is 4. The smallest absolute Gasteiger partial charge is 0.379 e. The zero-order valence-corrected chi connectivity index (χ0v) is 21.1. The number of carbonyl (C=O) groups excluding carboxylic acids is 1. The number of benzene rings is 1. The molecule has 1 amide bonds. The summed E-state index contributed by atoms with van der Waals surface area (Å²) >= 11 is 0. The van der Waals surface area contributed by atoms with Gasteiger partial charge in [-0.15, -0.1) is 0 Å². The van der Waals surface area contributed by atoms with Gasteiger partial charge in [-0.2, -0.15) is 13.2 Å². The number of alkyl halides is 3. The lowest BCUT2D eigenvalue weighted by atomic mass is 9.73. The van der Waals surface area contributed by atoms with E-state index in [2.05, 4.69) is 19.2 Å². The van der Waals surface area contributed by atoms with Crippen LogP contribution in [-0.4, -0.2) is 62.4 Å². The van der Waals surface area contributed by atoms with E-state index < -0.39 is 17.2 Å². The van der Waals surface area contributed by atoms with Crippen molar-refractivity contribution in [3.63, 3.8) is 0 Å². The minimum atomic E-state index is -4.34. The van der Waals surface area contributed by atoms with E-state index in [1.54, 1.807) is 13.2 Å². The first kappa shape index (κ1) is 26.4. The van der Waals surface area contributed by atoms with Crippen LogP contribution in [0.3, 0.4) is 0 Å². The van der Waals surface area contributed by atoms with Crippen LogP contribution in [0.1, 0.15) is 69.4 Å². The molecule has 2 aliphatic heterocycles. The molecule has 8 heteroatoms. The van der Waals surface area contributed by atoms with Gasteiger partial charge < -0.3 is 19.7 Å². The van der Waals surface area contributed by atoms with Crippen molar-refractivity contribution in [1.29, 1.82) is 0 Å². The van der Waals surface area contributed by atoms with E-state index in [1.807, 2.05) is 4.90 Å². The molecule has 0 aromatic heterocycles. The van der Waals surface area contributed by atoms with Crippen molar-refractivity contribution in [2.75, 3.05) is 33.4 Å². The van der Waals surface area contributed by atoms with Crippen molar-refractivity contribution >= 4 is 5.91 Å². The summed E-state index contributed by atoms with van der Waals surface area (Å²) in [6.07, 6.45) is 0.612. The van der Waals surface area contributed by atoms with E-state index in [0.717, 1.165) is 43.9 Å². The molecule has 196 valence electrons. The third-order valence-corrected chi connectivity index (χ3v) is 8.60. The molecule has 2 saturated heterocycles. The quantitative estimate of drug-likeness (QED) is 0.602. The van der Waals surface area contributed by atoms with Gasteiger partial charge in [-0.3, -0.25) is 4.79 Å². The van der Waals surface area contributed by atoms with Crippen LogP contribution in [-0.2, 0) is 20.4 Å². The number of amides is 1. The molecule has 1 N–H and O–H groups in total. The van der Waals surface area contributed by atoms with E-state index in [9.17, 15) is 18.0 Å². The summed E-state index contributed by atoms with van der Waals surface area (Å²) in [4.78, 5) is 15.8. The third-order valence-electron chi connectivity index (χ3n) is 8.60. The van der Waals surface area contributed by atoms with Gasteiger partial charge in [0, 0.05) is 38.9 Å². The second kappa shape index (κ2) is 10.8. The topological polar surface area (TPSA) is 50.8 Å². The summed E-state index contributed by atoms with van der Waals surface area (Å²) in [5.41, 5.74) is -0.272. The maximum absolute atomic E-state index is 13.9. The molecule has 4 rings (SSSR count). The predicted octanol–water partition coefficient (Wildman–Crippen LogP) is 5.00. The van der Waals surface area contributed by atoms with Gasteiger partial charge in [0.05, 0.1) is 23.7 Å². The highest BCUT2D eigenvalue weighted by molar-refractivity contribution is 5.83. The molecule has 2 heterocycles. The number of rotatable bonds is 6. The van der Waals surface area contributed by atoms with Crippen molar-refractivity contribution < 1.29 is 27.4 Å². The van der Waals surface area contributed by atoms with Gasteiger partial charge in [-0.1, -0.05) is 32.0 Å². The molecule has 1 saturated carbocycles. The van der Waals surface area contributed by atoms with Gasteiger partial charge in [-0.25, -0.2) is 0 Å². The van der Waals surface area contributed by atoms with Gasteiger partial charge in [0.25, 0.3) is 0 Å². The molecule has 1 aromatic carbocycles. The first-order valence-corrected chi connectivity index (χ1v) is 13.0. The van der Waals surface area contributed by atoms with E-state index >= 15 is 0 Å². The zero-order chi connectivity index (χ0) is 25.2. The summed E-state index contributed by atoms with van der Waals surface area (Å²) in [6, 6.07) is 6.17. The lowest BCUT2D eigenvalue weighted by molar-refractivity contribution is -0.146. The predicted molar refractivity (Wildman–Crippen MR) is 128 cm³/mol. The van der Waals surface area contributed by atoms with E-state index in [4.69, 9.17) is 9.47 Å². The van der Waals surface area contributed by atoms with Crippen LogP contribution < -0.4 is 5.32 Å². The van der Waals surface area contributed by atoms with E-state index in [1.165, 1.54) is 12.1 Å². The van der Waals surface area contributed by atoms with Gasteiger partial charge in [0.1, 0.15) is 0 Å². The van der Waals surface area contributed by atoms with Crippen LogP contribution in [0.5, 0.6) is 0 Å². The maximum atomic E-state index is 13.9. The van der Waals surface area contributed by atoms with Crippen molar-refractivity contribution in [1.82, 2.24) is 10.2 Å². The molecule has 4 atom stereocenters. The highest BCUT2D eigenvalue weighted by Crippen LogP contribution is 2.47. The van der Waals surface area contributed by atoms with Crippen molar-refractivity contribution in [2.45, 2.75) is 82.7 Å². The fourth-order valence-corrected chi connectivity index (χ4v) is 6.32. The number of nitrogens with zero attached hydrogens (tertiary/aromatic N) is 1. The molecular formula is C27H39F3N2O3. The molecular weight excluding hydrogens is 457 g/mol. The summed E-state index contributed by atoms with van der Waals surface area (Å²) in [5, 5.41) is 3.76. The molecule has 5 nitrogen and oxygen atoms in total. The lowest BCUT2D eigenvalue weighted by Gasteiger charge is -2.41. The largest absolute Gasteiger partial charge is 0.416 e. The standard InChI is InChI=1S/C27H39F3N2O3/c1-18(2)26(11-7-22(16-26)31-23-10-14-35-17-24(23)34-3)25(33)32-12-8-19(9-13-32)20-5-4-6-21(15-20)27(28,29)30/h4-6,15,18-19,22-24,31H,7-14,16-17H2,1-3H3/t22-,23-,24?,26?/m1/s1. The molecule has 2 unspecified atom stereocenters. The van der Waals surface area contributed by atoms with Crippen molar-refractivity contribution in [3.8, 4) is 0 Å². The number of hydrogen-bond donors (Lipinski definition) is 1. The van der Waals surface area contributed by atoms with E-state index in [-0.39, 0.29) is 35.9 Å². The number of likely N-dealkylation sites (tertiary alicyclic amines) is 1. The molecule has 0 radical (unpaired) electrons. The third kappa shape index (κ3) is 5.70. The lowest BCUT2D eigenvalue weighted by Crippen LogP contribution is -2.52. The van der Waals surface area contributed by atoms with Crippen LogP contribution in [0.2, 0.25) is 0 Å². The Bertz CT molecular complexity index is 869. The second-order valence-electron chi connectivity index (χ2n) is 10.9. The summed E-state index contributed by atoms with van der Waals surface area (Å²) < 4.78 is 50.6. The van der Waals surface area contributed by atoms with Crippen LogP contribution in [0, 0.1) is 11.3 Å². The summed E-state index contributed by atoms with van der Waals surface area (Å²) in [6.45, 7) is 6.79. The fraction of sp³-hybridized carbons (Fsp3) is 0.741. The summed E-state index contributed by atoms with van der Waals surface area (Å²) in [7, 11) is 1.72. The molecule has 3 aliphatic rings. The Morgan fingerprint density at radius 1 is 1.20 bits per heavy atom. The van der Waals surface area contributed by atoms with Gasteiger partial charge in [-0.05, 0) is 62.0 Å². The first-order valence-electron chi connectivity index (χ1n) is 13.0. The van der Waals surface area contributed by atoms with Crippen molar-refractivity contribution in [2.24, 2.45) is 11.3 Å². The first-order chi connectivity index (χ1) is 16.6. The SMILES string of the molecule is COC1COCC[C@H]1N[C@@H]1CCC(C(=O)N2CCC(c3cccc(C(F)(F)F)c3)CC2)(C(C)C)C1. The van der Waals surface area contributed by atoms with Crippen LogP contribution >= 0.6 is 0 Å². The average Bonchev–Trinajstić information content (AvgIpc) is 3.29. The molecule has 35 heavy (non-hydrogen) atoms. The minimum Gasteiger partial charge on any atom is -0.379 e. The summed E-state index contributed by atoms with van der Waals surface area (Å²) in [5.74, 6) is 0.485. The van der Waals surface area contributed by atoms with Crippen molar-refractivity contribution in [3.05, 3.63) is 35.4 Å². The average molecular weight is 497 g/mol. The molecule has 1 aliphatic carbocycles. The highest BCUT2D eigenvalue weighted by Gasteiger charge is 2.50. The van der Waals surface area contributed by atoms with Crippen LogP contribution in [0.4, 0.5) is 13.2 Å². The number of halogens is 3. The van der Waals surface area contributed by atoms with Gasteiger partial charge in [0.15, 0.2) is 0 Å². The Labute approximate surface area is 206 Å². The molecule has 0 bridgehead atoms. The molecule has 3 fully saturated rings. The Kier molecular flexibility index (Phi) is 8.13. The van der Waals surface area contributed by atoms with Crippen LogP contribution in [0.15, 0.2) is 24.3 Å². The maximum Gasteiger partial charge on any atom is 0.416 e. The van der Waals surface area contributed by atoms with Gasteiger partial charge >= 0.3 is 6.18 Å². The molecule has 1 aromatic rings. The number of methoxy groups -OCH3 is 1. The Hall–Kier alpha value is -1.64. The normalized spacial score (nSPS) is 30.7. The Balaban J connectivity index is 1.38. The number of piperidine rings is 1. The zero-order valence-electron chi connectivity index (χ0n) is 21.1. The number of nitrogens with one attached hydrogen (secondary N) is 1. The Morgan fingerprint density at radius 2 is 1.94 bits per heavy atom. The number of carbonyl (C=O) groups is 1. The monoisotopic (exact) mass is 496 g/mol. The highest BCUT2D eigenvalue weighted by atomic mass is 19.4. The number of ether oxygens (including phenoxy) is 2. The van der Waals surface area contributed by atoms with Gasteiger partial charge in [0.2, 0.25) is 5.91 Å². The fourth-order valence-electron chi connectivity index (χ4n) is 6.32. The van der Waals surface area contributed by atoms with E-state index in [0.29, 0.717) is 32.5 Å². The molecule has 0 spiro atoms. The van der Waals surface area contributed by atoms with Crippen LogP contribution in [0.25, 0.3) is 0 Å². The minimum absolute atomic E-state index is 0.0309. The second-order valence-corrected chi connectivity index (χ2v) is 10.9.